The van der Waals surface area contributed by atoms with Gasteiger partial charge in [0.1, 0.15) is 0 Å². The van der Waals surface area contributed by atoms with E-state index in [-0.39, 0.29) is 5.69 Å². The molecule has 5 nitrogen and oxygen atoms in total. The smallest absolute Gasteiger partial charge is 0.358 e. The summed E-state index contributed by atoms with van der Waals surface area (Å²) in [6, 6.07) is 6.95. The fraction of sp³-hybridized carbons (Fsp3) is 0.0769. The van der Waals surface area contributed by atoms with Crippen LogP contribution in [0.3, 0.4) is 0 Å². The lowest BCUT2D eigenvalue weighted by atomic mass is 10.1. The highest BCUT2D eigenvalue weighted by Gasteiger charge is 2.15. The maximum Gasteiger partial charge on any atom is 0.358 e. The van der Waals surface area contributed by atoms with Gasteiger partial charge in [-0.25, -0.2) is 4.79 Å². The number of hydrogen-bond acceptors (Lipinski definition) is 3. The summed E-state index contributed by atoms with van der Waals surface area (Å²) in [5.74, 6) is -0.806. The number of aromatic amines is 1. The summed E-state index contributed by atoms with van der Waals surface area (Å²) in [5.41, 5.74) is 2.39. The van der Waals surface area contributed by atoms with Crippen LogP contribution < -0.4 is 0 Å². The Labute approximate surface area is 112 Å². The maximum absolute atomic E-state index is 10.8. The second kappa shape index (κ2) is 4.13. The average molecular weight is 277 g/mol. The van der Waals surface area contributed by atoms with Gasteiger partial charge in [-0.1, -0.05) is 16.8 Å². The van der Waals surface area contributed by atoms with Crippen LogP contribution in [0.25, 0.3) is 22.2 Å². The zero-order chi connectivity index (χ0) is 13.6. The first-order chi connectivity index (χ1) is 9.04. The molecule has 0 radical (unpaired) electrons. The quantitative estimate of drug-likeness (QED) is 0.751. The van der Waals surface area contributed by atoms with Crippen LogP contribution >= 0.6 is 11.6 Å². The number of rotatable bonds is 2. The van der Waals surface area contributed by atoms with E-state index in [0.29, 0.717) is 16.3 Å². The second-order valence-corrected chi connectivity index (χ2v) is 4.66. The van der Waals surface area contributed by atoms with Crippen molar-refractivity contribution in [3.05, 3.63) is 40.7 Å². The van der Waals surface area contributed by atoms with Gasteiger partial charge < -0.3 is 14.6 Å². The third-order valence-corrected chi connectivity index (χ3v) is 3.15. The average Bonchev–Trinajstić information content (AvgIpc) is 2.92. The van der Waals surface area contributed by atoms with Crippen LogP contribution in [-0.4, -0.2) is 21.2 Å². The number of benzene rings is 1. The minimum absolute atomic E-state index is 0.145. The van der Waals surface area contributed by atoms with Gasteiger partial charge in [0.05, 0.1) is 5.02 Å². The summed E-state index contributed by atoms with van der Waals surface area (Å²) < 4.78 is 5.02. The van der Waals surface area contributed by atoms with Crippen LogP contribution in [0, 0.1) is 6.92 Å². The highest BCUT2D eigenvalue weighted by Crippen LogP contribution is 2.32. The van der Waals surface area contributed by atoms with Gasteiger partial charge in [-0.05, 0) is 25.1 Å². The number of aryl methyl sites for hydroxylation is 1. The van der Waals surface area contributed by atoms with Crippen LogP contribution in [0.1, 0.15) is 16.2 Å². The predicted molar refractivity (Wildman–Crippen MR) is 70.5 cm³/mol. The number of aromatic carboxylic acids is 1. The molecule has 19 heavy (non-hydrogen) atoms. The molecule has 0 saturated heterocycles. The van der Waals surface area contributed by atoms with Crippen molar-refractivity contribution < 1.29 is 14.4 Å². The number of nitrogens with zero attached hydrogens (tertiary/aromatic N) is 1. The number of fused-ring (bicyclic) bond motifs is 1. The van der Waals surface area contributed by atoms with Gasteiger partial charge in [0.15, 0.2) is 11.5 Å². The zero-order valence-electron chi connectivity index (χ0n) is 9.90. The van der Waals surface area contributed by atoms with Crippen molar-refractivity contribution in [2.24, 2.45) is 0 Å². The fourth-order valence-corrected chi connectivity index (χ4v) is 2.26. The normalized spacial score (nSPS) is 11.1. The molecule has 0 spiro atoms. The number of carboxylic acid groups (broad SMARTS) is 1. The minimum Gasteiger partial charge on any atom is -0.476 e. The molecule has 2 N–H and O–H groups in total. The molecule has 6 heteroatoms. The molecule has 1 aromatic carbocycles. The standard InChI is InChI=1S/C13H9ClN2O3/c1-6-2-7-3-9(14)8(4-10(7)15-6)12-5-11(13(17)18)16-19-12/h2-5,15H,1H3,(H,17,18). The van der Waals surface area contributed by atoms with E-state index in [4.69, 9.17) is 21.2 Å². The molecule has 0 aliphatic carbocycles. The summed E-state index contributed by atoms with van der Waals surface area (Å²) in [4.78, 5) is 14.0. The highest BCUT2D eigenvalue weighted by atomic mass is 35.5. The van der Waals surface area contributed by atoms with Crippen LogP contribution in [0.5, 0.6) is 0 Å². The Balaban J connectivity index is 2.17. The summed E-state index contributed by atoms with van der Waals surface area (Å²) in [5, 5.41) is 13.8. The Morgan fingerprint density at radius 3 is 2.84 bits per heavy atom. The van der Waals surface area contributed by atoms with E-state index in [1.165, 1.54) is 6.07 Å². The van der Waals surface area contributed by atoms with E-state index in [9.17, 15) is 4.79 Å². The first kappa shape index (κ1) is 11.8. The highest BCUT2D eigenvalue weighted by molar-refractivity contribution is 6.34. The topological polar surface area (TPSA) is 79.1 Å². The van der Waals surface area contributed by atoms with Crippen molar-refractivity contribution in [2.75, 3.05) is 0 Å². The van der Waals surface area contributed by atoms with Gasteiger partial charge >= 0.3 is 5.97 Å². The number of carbonyl (C=O) groups is 1. The summed E-state index contributed by atoms with van der Waals surface area (Å²) in [7, 11) is 0. The Morgan fingerprint density at radius 2 is 2.16 bits per heavy atom. The van der Waals surface area contributed by atoms with Crippen LogP contribution in [0.2, 0.25) is 5.02 Å². The van der Waals surface area contributed by atoms with E-state index >= 15 is 0 Å². The number of H-pyrrole nitrogens is 1. The third-order valence-electron chi connectivity index (χ3n) is 2.84. The number of hydrogen-bond donors (Lipinski definition) is 2. The van der Waals surface area contributed by atoms with Crippen molar-refractivity contribution >= 4 is 28.5 Å². The molecule has 0 aliphatic rings. The Morgan fingerprint density at radius 1 is 1.37 bits per heavy atom. The summed E-state index contributed by atoms with van der Waals surface area (Å²) in [6.45, 7) is 1.95. The second-order valence-electron chi connectivity index (χ2n) is 4.25. The van der Waals surface area contributed by atoms with Gasteiger partial charge in [0, 0.05) is 28.2 Å². The number of aromatic nitrogens is 2. The van der Waals surface area contributed by atoms with Crippen molar-refractivity contribution in [3.8, 4) is 11.3 Å². The molecule has 3 aromatic rings. The summed E-state index contributed by atoms with van der Waals surface area (Å²) >= 11 is 6.19. The fourth-order valence-electron chi connectivity index (χ4n) is 1.99. The summed E-state index contributed by atoms with van der Waals surface area (Å²) in [6.07, 6.45) is 0. The third kappa shape index (κ3) is 1.98. The number of nitrogens with one attached hydrogen (secondary N) is 1. The first-order valence-electron chi connectivity index (χ1n) is 5.54. The predicted octanol–water partition coefficient (Wildman–Crippen LogP) is 3.48. The monoisotopic (exact) mass is 276 g/mol. The lowest BCUT2D eigenvalue weighted by Gasteiger charge is -2.00. The molecule has 2 heterocycles. The lowest BCUT2D eigenvalue weighted by molar-refractivity contribution is 0.0686. The Kier molecular flexibility index (Phi) is 2.57. The molecule has 0 saturated carbocycles. The van der Waals surface area contributed by atoms with Crippen molar-refractivity contribution in [3.63, 3.8) is 0 Å². The van der Waals surface area contributed by atoms with Crippen LogP contribution in [0.4, 0.5) is 0 Å². The Hall–Kier alpha value is -2.27. The van der Waals surface area contributed by atoms with E-state index in [2.05, 4.69) is 10.1 Å². The SMILES string of the molecule is Cc1cc2cc(Cl)c(-c3cc(C(=O)O)no3)cc2[nH]1. The molecule has 2 aromatic heterocycles. The van der Waals surface area contributed by atoms with E-state index in [1.807, 2.05) is 19.1 Å². The Bertz CT molecular complexity index is 788. The first-order valence-corrected chi connectivity index (χ1v) is 5.91. The largest absolute Gasteiger partial charge is 0.476 e. The van der Waals surface area contributed by atoms with Gasteiger partial charge in [0.25, 0.3) is 0 Å². The van der Waals surface area contributed by atoms with Crippen molar-refractivity contribution in [1.29, 1.82) is 0 Å². The van der Waals surface area contributed by atoms with Gasteiger partial charge in [0.2, 0.25) is 0 Å². The molecule has 0 bridgehead atoms. The molecule has 0 atom stereocenters. The van der Waals surface area contributed by atoms with Gasteiger partial charge in [-0.3, -0.25) is 0 Å². The van der Waals surface area contributed by atoms with Crippen molar-refractivity contribution in [1.82, 2.24) is 10.1 Å². The van der Waals surface area contributed by atoms with Crippen molar-refractivity contribution in [2.45, 2.75) is 6.92 Å². The number of halogens is 1. The molecule has 0 aliphatic heterocycles. The molecule has 96 valence electrons. The van der Waals surface area contributed by atoms with E-state index in [1.54, 1.807) is 6.07 Å². The molecular weight excluding hydrogens is 268 g/mol. The van der Waals surface area contributed by atoms with Gasteiger partial charge in [-0.15, -0.1) is 0 Å². The van der Waals surface area contributed by atoms with Crippen LogP contribution in [0.15, 0.2) is 28.8 Å². The van der Waals surface area contributed by atoms with Gasteiger partial charge in [-0.2, -0.15) is 0 Å². The molecule has 3 rings (SSSR count). The maximum atomic E-state index is 10.8. The molecule has 0 amide bonds. The zero-order valence-corrected chi connectivity index (χ0v) is 10.7. The van der Waals surface area contributed by atoms with Crippen LogP contribution in [-0.2, 0) is 0 Å². The molecule has 0 unspecified atom stereocenters. The molecule has 0 fully saturated rings. The van der Waals surface area contributed by atoms with E-state index in [0.717, 1.165) is 16.6 Å². The lowest BCUT2D eigenvalue weighted by Crippen LogP contribution is -1.94. The number of carboxylic acids is 1. The minimum atomic E-state index is -1.14. The molecular formula is C13H9ClN2O3. The van der Waals surface area contributed by atoms with E-state index < -0.39 is 5.97 Å².